The normalized spacial score (nSPS) is 10.4. The van der Waals surface area contributed by atoms with Crippen LogP contribution in [0.25, 0.3) is 10.8 Å². The number of carbonyl (C=O) groups excluding carboxylic acids is 1. The van der Waals surface area contributed by atoms with Crippen LogP contribution in [0.1, 0.15) is 17.3 Å². The van der Waals surface area contributed by atoms with Crippen LogP contribution in [0.2, 0.25) is 0 Å². The Balaban J connectivity index is 2.67. The van der Waals surface area contributed by atoms with Crippen molar-refractivity contribution in [2.24, 2.45) is 0 Å². The zero-order chi connectivity index (χ0) is 12.4. The van der Waals surface area contributed by atoms with E-state index in [2.05, 4.69) is 0 Å². The highest BCUT2D eigenvalue weighted by Gasteiger charge is 2.16. The summed E-state index contributed by atoms with van der Waals surface area (Å²) in [5.41, 5.74) is 0.212. The molecular formula is C13H12NO3+. The first kappa shape index (κ1) is 11.3. The number of hydrogen-bond acceptors (Lipinski definition) is 2. The summed E-state index contributed by atoms with van der Waals surface area (Å²) >= 11 is 0. The number of fused-ring (bicyclic) bond motifs is 1. The van der Waals surface area contributed by atoms with Crippen LogP contribution in [0.4, 0.5) is 0 Å². The zero-order valence-electron chi connectivity index (χ0n) is 9.38. The Labute approximate surface area is 98.1 Å². The van der Waals surface area contributed by atoms with Crippen LogP contribution in [0.3, 0.4) is 0 Å². The van der Waals surface area contributed by atoms with Gasteiger partial charge < -0.3 is 5.11 Å². The number of rotatable bonds is 3. The van der Waals surface area contributed by atoms with Gasteiger partial charge in [0.05, 0.1) is 0 Å². The van der Waals surface area contributed by atoms with Gasteiger partial charge in [-0.15, -0.1) is 0 Å². The fourth-order valence-electron chi connectivity index (χ4n) is 1.82. The number of ketones is 1. The molecular weight excluding hydrogens is 218 g/mol. The van der Waals surface area contributed by atoms with Crippen LogP contribution >= 0.6 is 0 Å². The quantitative estimate of drug-likeness (QED) is 0.811. The Kier molecular flexibility index (Phi) is 2.87. The first-order valence-electron chi connectivity index (χ1n) is 5.22. The van der Waals surface area contributed by atoms with E-state index in [1.54, 1.807) is 22.9 Å². The molecule has 0 aliphatic rings. The topological polar surface area (TPSA) is 58.2 Å². The average molecular weight is 230 g/mol. The maximum absolute atomic E-state index is 11.2. The molecule has 1 N–H and O–H groups in total. The molecule has 4 nitrogen and oxygen atoms in total. The molecule has 1 heterocycles. The van der Waals surface area contributed by atoms with Crippen LogP contribution in [0, 0.1) is 0 Å². The standard InChI is InChI=1S/C13H11NO3/c1-9(15)6-14-7-10-4-2-3-5-11(10)12(8-14)13(16)17/h2-5,7-8H,6H2,1H3/p+1. The number of aromatic carboxylic acids is 1. The third-order valence-electron chi connectivity index (χ3n) is 2.49. The fourth-order valence-corrected chi connectivity index (χ4v) is 1.82. The van der Waals surface area contributed by atoms with E-state index in [1.165, 1.54) is 13.1 Å². The number of Topliss-reactive ketones (excluding diaryl/α,β-unsaturated/α-hetero) is 1. The lowest BCUT2D eigenvalue weighted by atomic mass is 10.1. The minimum absolute atomic E-state index is 0.0124. The molecule has 1 aromatic carbocycles. The molecule has 0 spiro atoms. The van der Waals surface area contributed by atoms with E-state index < -0.39 is 5.97 Å². The third kappa shape index (κ3) is 2.30. The summed E-state index contributed by atoms with van der Waals surface area (Å²) in [7, 11) is 0. The van der Waals surface area contributed by atoms with E-state index in [4.69, 9.17) is 5.11 Å². The van der Waals surface area contributed by atoms with Crippen molar-refractivity contribution in [1.82, 2.24) is 0 Å². The lowest BCUT2D eigenvalue weighted by Crippen LogP contribution is -2.37. The maximum Gasteiger partial charge on any atom is 0.342 e. The van der Waals surface area contributed by atoms with Crippen LogP contribution in [-0.2, 0) is 11.3 Å². The molecule has 1 aromatic heterocycles. The number of carboxylic acids is 1. The van der Waals surface area contributed by atoms with Gasteiger partial charge in [0, 0.05) is 17.7 Å². The van der Waals surface area contributed by atoms with Gasteiger partial charge in [-0.25, -0.2) is 4.79 Å². The van der Waals surface area contributed by atoms with Crippen LogP contribution in [-0.4, -0.2) is 16.9 Å². The van der Waals surface area contributed by atoms with Gasteiger partial charge in [-0.3, -0.25) is 4.79 Å². The monoisotopic (exact) mass is 230 g/mol. The summed E-state index contributed by atoms with van der Waals surface area (Å²) in [6.45, 7) is 1.66. The molecule has 4 heteroatoms. The molecule has 2 rings (SSSR count). The highest BCUT2D eigenvalue weighted by molar-refractivity contribution is 6.02. The summed E-state index contributed by atoms with van der Waals surface area (Å²) in [5.74, 6) is -0.999. The van der Waals surface area contributed by atoms with Gasteiger partial charge in [0.25, 0.3) is 0 Å². The van der Waals surface area contributed by atoms with Gasteiger partial charge in [-0.1, -0.05) is 18.2 Å². The second-order valence-electron chi connectivity index (χ2n) is 3.94. The van der Waals surface area contributed by atoms with E-state index in [0.717, 1.165) is 5.39 Å². The first-order valence-corrected chi connectivity index (χ1v) is 5.22. The number of carboxylic acid groups (broad SMARTS) is 1. The first-order chi connectivity index (χ1) is 8.08. The predicted molar refractivity (Wildman–Crippen MR) is 61.8 cm³/mol. The van der Waals surface area contributed by atoms with Crippen molar-refractivity contribution < 1.29 is 19.3 Å². The minimum atomic E-state index is -0.987. The smallest absolute Gasteiger partial charge is 0.342 e. The predicted octanol–water partition coefficient (Wildman–Crippen LogP) is 1.41. The Morgan fingerprint density at radius 3 is 2.59 bits per heavy atom. The minimum Gasteiger partial charge on any atom is -0.477 e. The van der Waals surface area contributed by atoms with E-state index in [1.807, 2.05) is 12.1 Å². The largest absolute Gasteiger partial charge is 0.477 e. The zero-order valence-corrected chi connectivity index (χ0v) is 9.38. The van der Waals surface area contributed by atoms with Crippen molar-refractivity contribution in [2.75, 3.05) is 0 Å². The Hall–Kier alpha value is -2.23. The number of benzene rings is 1. The SMILES string of the molecule is CC(=O)C[n+]1cc(C(=O)O)c2ccccc2c1. The third-order valence-corrected chi connectivity index (χ3v) is 2.49. The molecule has 0 atom stereocenters. The van der Waals surface area contributed by atoms with Crippen molar-refractivity contribution in [2.45, 2.75) is 13.5 Å². The number of carbonyl (C=O) groups is 2. The fraction of sp³-hybridized carbons (Fsp3) is 0.154. The molecule has 0 aliphatic carbocycles. The van der Waals surface area contributed by atoms with Crippen molar-refractivity contribution in [3.05, 3.63) is 42.2 Å². The Morgan fingerprint density at radius 1 is 1.24 bits per heavy atom. The molecule has 0 amide bonds. The van der Waals surface area contributed by atoms with E-state index in [9.17, 15) is 9.59 Å². The van der Waals surface area contributed by atoms with Gasteiger partial charge in [-0.2, -0.15) is 4.57 Å². The molecule has 86 valence electrons. The summed E-state index contributed by atoms with van der Waals surface area (Å²) in [4.78, 5) is 22.2. The van der Waals surface area contributed by atoms with Gasteiger partial charge in [0.2, 0.25) is 6.54 Å². The van der Waals surface area contributed by atoms with Gasteiger partial charge >= 0.3 is 5.97 Å². The highest BCUT2D eigenvalue weighted by atomic mass is 16.4. The Morgan fingerprint density at radius 2 is 1.94 bits per heavy atom. The summed E-state index contributed by atoms with van der Waals surface area (Å²) < 4.78 is 1.61. The van der Waals surface area contributed by atoms with Crippen molar-refractivity contribution in [3.63, 3.8) is 0 Å². The van der Waals surface area contributed by atoms with E-state index in [0.29, 0.717) is 5.39 Å². The molecule has 0 saturated heterocycles. The lowest BCUT2D eigenvalue weighted by molar-refractivity contribution is -0.682. The molecule has 0 fully saturated rings. The number of hydrogen-bond donors (Lipinski definition) is 1. The molecule has 0 saturated carbocycles. The van der Waals surface area contributed by atoms with Gasteiger partial charge in [0.15, 0.2) is 18.2 Å². The number of nitrogens with zero attached hydrogens (tertiary/aromatic N) is 1. The molecule has 2 aromatic rings. The maximum atomic E-state index is 11.2. The average Bonchev–Trinajstić information content (AvgIpc) is 2.27. The number of pyridine rings is 1. The van der Waals surface area contributed by atoms with Crippen LogP contribution in [0.15, 0.2) is 36.7 Å². The molecule has 0 radical (unpaired) electrons. The second kappa shape index (κ2) is 4.33. The van der Waals surface area contributed by atoms with Gasteiger partial charge in [0.1, 0.15) is 5.56 Å². The summed E-state index contributed by atoms with van der Waals surface area (Å²) in [6, 6.07) is 7.23. The second-order valence-corrected chi connectivity index (χ2v) is 3.94. The molecule has 17 heavy (non-hydrogen) atoms. The van der Waals surface area contributed by atoms with Crippen molar-refractivity contribution in [1.29, 1.82) is 0 Å². The summed E-state index contributed by atoms with van der Waals surface area (Å²) in [6.07, 6.45) is 3.27. The van der Waals surface area contributed by atoms with E-state index in [-0.39, 0.29) is 17.9 Å². The summed E-state index contributed by atoms with van der Waals surface area (Å²) in [5, 5.41) is 10.6. The molecule has 0 aliphatic heterocycles. The Bertz CT molecular complexity index is 605. The number of aromatic nitrogens is 1. The van der Waals surface area contributed by atoms with Crippen molar-refractivity contribution >= 4 is 22.5 Å². The lowest BCUT2D eigenvalue weighted by Gasteiger charge is -2.01. The van der Waals surface area contributed by atoms with Crippen LogP contribution < -0.4 is 4.57 Å². The molecule has 0 bridgehead atoms. The van der Waals surface area contributed by atoms with Crippen LogP contribution in [0.5, 0.6) is 0 Å². The van der Waals surface area contributed by atoms with Gasteiger partial charge in [-0.05, 0) is 6.07 Å². The molecule has 0 unspecified atom stereocenters. The highest BCUT2D eigenvalue weighted by Crippen LogP contribution is 2.16. The van der Waals surface area contributed by atoms with Crippen molar-refractivity contribution in [3.8, 4) is 0 Å². The van der Waals surface area contributed by atoms with E-state index >= 15 is 0 Å².